The summed E-state index contributed by atoms with van der Waals surface area (Å²) < 4.78 is 3.05. The van der Waals surface area contributed by atoms with E-state index in [1.54, 1.807) is 0 Å². The summed E-state index contributed by atoms with van der Waals surface area (Å²) in [5.74, 6) is 0. The van der Waals surface area contributed by atoms with Crippen LogP contribution >= 0.6 is 0 Å². The SMILES string of the molecule is CC(C)=C[SiH2]CC1CNCCN1[Si](C(C)C)(C(C)C)C(C)C. The van der Waals surface area contributed by atoms with Gasteiger partial charge in [-0.25, -0.2) is 0 Å². The van der Waals surface area contributed by atoms with E-state index in [0.29, 0.717) is 0 Å². The van der Waals surface area contributed by atoms with Crippen LogP contribution in [0.1, 0.15) is 55.4 Å². The van der Waals surface area contributed by atoms with Gasteiger partial charge in [0.15, 0.2) is 0 Å². The highest BCUT2D eigenvalue weighted by molar-refractivity contribution is 6.81. The van der Waals surface area contributed by atoms with Gasteiger partial charge in [0, 0.05) is 35.2 Å². The zero-order chi connectivity index (χ0) is 16.9. The summed E-state index contributed by atoms with van der Waals surface area (Å²) in [4.78, 5) is 0. The molecule has 0 aliphatic carbocycles. The van der Waals surface area contributed by atoms with Gasteiger partial charge in [-0.2, -0.15) is 0 Å². The lowest BCUT2D eigenvalue weighted by Gasteiger charge is -2.56. The fraction of sp³-hybridized carbons (Fsp3) is 0.889. The highest BCUT2D eigenvalue weighted by atomic mass is 28.3. The van der Waals surface area contributed by atoms with Crippen LogP contribution in [0.3, 0.4) is 0 Å². The Morgan fingerprint density at radius 1 is 1.14 bits per heavy atom. The molecule has 0 spiro atoms. The van der Waals surface area contributed by atoms with Gasteiger partial charge in [-0.3, -0.25) is 0 Å². The van der Waals surface area contributed by atoms with Crippen molar-refractivity contribution in [2.75, 3.05) is 19.6 Å². The predicted molar refractivity (Wildman–Crippen MR) is 107 cm³/mol. The maximum atomic E-state index is 3.67. The Balaban J connectivity index is 3.05. The zero-order valence-corrected chi connectivity index (χ0v) is 18.8. The van der Waals surface area contributed by atoms with Gasteiger partial charge in [0.2, 0.25) is 0 Å². The Morgan fingerprint density at radius 2 is 1.68 bits per heavy atom. The Bertz CT molecular complexity index is 338. The van der Waals surface area contributed by atoms with Crippen LogP contribution in [0.2, 0.25) is 22.7 Å². The molecule has 0 bridgehead atoms. The van der Waals surface area contributed by atoms with Crippen molar-refractivity contribution >= 4 is 17.8 Å². The molecule has 1 heterocycles. The maximum absolute atomic E-state index is 3.67. The minimum atomic E-state index is -1.47. The highest BCUT2D eigenvalue weighted by Crippen LogP contribution is 2.45. The number of hydrogen-bond donors (Lipinski definition) is 1. The minimum Gasteiger partial charge on any atom is -0.318 e. The second kappa shape index (κ2) is 8.81. The summed E-state index contributed by atoms with van der Waals surface area (Å²) in [6.07, 6.45) is 0. The molecule has 1 saturated heterocycles. The smallest absolute Gasteiger partial charge is 0.136 e. The molecule has 1 rings (SSSR count). The number of rotatable bonds is 7. The number of hydrogen-bond acceptors (Lipinski definition) is 2. The fourth-order valence-corrected chi connectivity index (χ4v) is 14.3. The van der Waals surface area contributed by atoms with E-state index in [0.717, 1.165) is 22.7 Å². The van der Waals surface area contributed by atoms with Crippen molar-refractivity contribution in [2.24, 2.45) is 0 Å². The lowest BCUT2D eigenvalue weighted by atomic mass is 10.3. The fourth-order valence-electron chi connectivity index (χ4n) is 5.09. The van der Waals surface area contributed by atoms with Gasteiger partial charge in [0.1, 0.15) is 8.24 Å². The van der Waals surface area contributed by atoms with Crippen LogP contribution in [0.4, 0.5) is 0 Å². The van der Waals surface area contributed by atoms with Gasteiger partial charge in [-0.15, -0.1) is 5.70 Å². The number of nitrogens with zero attached hydrogens (tertiary/aromatic N) is 1. The largest absolute Gasteiger partial charge is 0.318 e. The minimum absolute atomic E-state index is 0.0660. The van der Waals surface area contributed by atoms with Crippen LogP contribution in [0.25, 0.3) is 0 Å². The molecule has 0 aromatic carbocycles. The van der Waals surface area contributed by atoms with Crippen molar-refractivity contribution in [1.82, 2.24) is 9.88 Å². The van der Waals surface area contributed by atoms with Crippen LogP contribution in [-0.4, -0.2) is 48.0 Å². The Kier molecular flexibility index (Phi) is 8.06. The molecule has 1 aliphatic heterocycles. The summed E-state index contributed by atoms with van der Waals surface area (Å²) in [5, 5.41) is 3.67. The van der Waals surface area contributed by atoms with E-state index in [1.165, 1.54) is 31.3 Å². The molecule has 2 nitrogen and oxygen atoms in total. The molecule has 22 heavy (non-hydrogen) atoms. The van der Waals surface area contributed by atoms with Crippen LogP contribution in [0.15, 0.2) is 11.3 Å². The molecule has 0 aromatic rings. The third kappa shape index (κ3) is 4.34. The highest BCUT2D eigenvalue weighted by Gasteiger charge is 2.50. The van der Waals surface area contributed by atoms with E-state index < -0.39 is 8.24 Å². The van der Waals surface area contributed by atoms with Crippen molar-refractivity contribution in [3.63, 3.8) is 0 Å². The second-order valence-electron chi connectivity index (χ2n) is 8.26. The van der Waals surface area contributed by atoms with Crippen molar-refractivity contribution in [1.29, 1.82) is 0 Å². The van der Waals surface area contributed by atoms with Crippen molar-refractivity contribution in [3.8, 4) is 0 Å². The standard InChI is InChI=1S/C18H40N2Si2/c1-14(2)12-21-13-18-11-19-9-10-20(18)22(15(3)4,16(5)6)17(7)8/h12,15-19H,9-11,13,21H2,1-8H3. The Labute approximate surface area is 143 Å². The van der Waals surface area contributed by atoms with E-state index in [1.807, 2.05) is 0 Å². The first kappa shape index (κ1) is 20.1. The van der Waals surface area contributed by atoms with Crippen LogP contribution in [0.5, 0.6) is 0 Å². The van der Waals surface area contributed by atoms with Gasteiger partial charge in [-0.05, 0) is 36.5 Å². The van der Waals surface area contributed by atoms with Gasteiger partial charge in [0.05, 0.1) is 0 Å². The van der Waals surface area contributed by atoms with E-state index in [4.69, 9.17) is 0 Å². The first-order valence-electron chi connectivity index (χ1n) is 9.35. The summed E-state index contributed by atoms with van der Waals surface area (Å²) in [7, 11) is -1.54. The molecule has 130 valence electrons. The molecule has 1 atom stereocenters. The number of piperazine rings is 1. The zero-order valence-electron chi connectivity index (χ0n) is 16.4. The van der Waals surface area contributed by atoms with Crippen molar-refractivity contribution in [3.05, 3.63) is 11.3 Å². The lowest BCUT2D eigenvalue weighted by molar-refractivity contribution is 0.260. The maximum Gasteiger partial charge on any atom is 0.136 e. The summed E-state index contributed by atoms with van der Waals surface area (Å²) >= 11 is 0. The molecule has 0 radical (unpaired) electrons. The number of allylic oxidation sites excluding steroid dienone is 1. The van der Waals surface area contributed by atoms with E-state index >= 15 is 0 Å². The van der Waals surface area contributed by atoms with Gasteiger partial charge in [0.25, 0.3) is 0 Å². The van der Waals surface area contributed by atoms with E-state index in [2.05, 4.69) is 71.0 Å². The Morgan fingerprint density at radius 3 is 2.14 bits per heavy atom. The molecule has 0 saturated carbocycles. The topological polar surface area (TPSA) is 15.3 Å². The average molecular weight is 341 g/mol. The molecule has 1 unspecified atom stereocenters. The molecule has 1 aliphatic rings. The van der Waals surface area contributed by atoms with Gasteiger partial charge < -0.3 is 9.88 Å². The second-order valence-corrected chi connectivity index (χ2v) is 15.6. The molecular formula is C18H40N2Si2. The summed E-state index contributed by atoms with van der Waals surface area (Å²) in [6.45, 7) is 23.2. The number of nitrogens with one attached hydrogen (secondary N) is 1. The molecular weight excluding hydrogens is 300 g/mol. The third-order valence-corrected chi connectivity index (χ3v) is 14.9. The quantitative estimate of drug-likeness (QED) is 0.706. The average Bonchev–Trinajstić information content (AvgIpc) is 2.39. The van der Waals surface area contributed by atoms with Crippen LogP contribution in [0, 0.1) is 0 Å². The van der Waals surface area contributed by atoms with Crippen LogP contribution < -0.4 is 5.32 Å². The molecule has 0 aromatic heterocycles. The molecule has 1 fully saturated rings. The van der Waals surface area contributed by atoms with E-state index in [-0.39, 0.29) is 9.52 Å². The monoisotopic (exact) mass is 340 g/mol. The van der Waals surface area contributed by atoms with Gasteiger partial charge in [-0.1, -0.05) is 47.1 Å². The first-order valence-corrected chi connectivity index (χ1v) is 13.3. The third-order valence-electron chi connectivity index (χ3n) is 5.67. The summed E-state index contributed by atoms with van der Waals surface area (Å²) in [5.41, 5.74) is 6.56. The normalized spacial score (nSPS) is 21.5. The first-order chi connectivity index (χ1) is 10.2. The van der Waals surface area contributed by atoms with Crippen molar-refractivity contribution < 1.29 is 0 Å². The molecule has 1 N–H and O–H groups in total. The van der Waals surface area contributed by atoms with E-state index in [9.17, 15) is 0 Å². The lowest BCUT2D eigenvalue weighted by Crippen LogP contribution is -2.68. The predicted octanol–water partition coefficient (Wildman–Crippen LogP) is 3.95. The Hall–Kier alpha value is 0.0938. The van der Waals surface area contributed by atoms with Crippen LogP contribution in [-0.2, 0) is 0 Å². The van der Waals surface area contributed by atoms with Crippen molar-refractivity contribution in [2.45, 2.75) is 84.1 Å². The van der Waals surface area contributed by atoms with Gasteiger partial charge >= 0.3 is 0 Å². The molecule has 4 heteroatoms. The molecule has 0 amide bonds. The summed E-state index contributed by atoms with van der Waals surface area (Å²) in [6, 6.07) is 2.23.